The van der Waals surface area contributed by atoms with Gasteiger partial charge in [-0.15, -0.1) is 12.4 Å². The molecule has 7 heteroatoms. The summed E-state index contributed by atoms with van der Waals surface area (Å²) in [6, 6.07) is 2.88. The van der Waals surface area contributed by atoms with Gasteiger partial charge >= 0.3 is 0 Å². The van der Waals surface area contributed by atoms with E-state index in [4.69, 9.17) is 10.2 Å². The van der Waals surface area contributed by atoms with Crippen LogP contribution >= 0.6 is 12.4 Å². The number of furan rings is 1. The average Bonchev–Trinajstić information content (AvgIpc) is 2.53. The van der Waals surface area contributed by atoms with Crippen molar-refractivity contribution in [1.82, 2.24) is 4.72 Å². The fourth-order valence-electron chi connectivity index (χ4n) is 0.681. The van der Waals surface area contributed by atoms with Crippen LogP contribution in [0.25, 0.3) is 0 Å². The van der Waals surface area contributed by atoms with E-state index in [0.29, 0.717) is 0 Å². The Kier molecular flexibility index (Phi) is 5.01. The molecule has 0 aliphatic carbocycles. The van der Waals surface area contributed by atoms with Gasteiger partial charge in [-0.1, -0.05) is 0 Å². The first-order valence-corrected chi connectivity index (χ1v) is 4.88. The van der Waals surface area contributed by atoms with E-state index in [2.05, 4.69) is 4.72 Å². The van der Waals surface area contributed by atoms with Crippen LogP contribution in [0, 0.1) is 0 Å². The molecule has 1 aromatic rings. The predicted molar refractivity (Wildman–Crippen MR) is 50.2 cm³/mol. The van der Waals surface area contributed by atoms with E-state index in [9.17, 15) is 8.42 Å². The maximum atomic E-state index is 11.2. The van der Waals surface area contributed by atoms with Crippen LogP contribution in [0.2, 0.25) is 0 Å². The van der Waals surface area contributed by atoms with E-state index < -0.39 is 10.0 Å². The third-order valence-corrected chi connectivity index (χ3v) is 2.54. The highest BCUT2D eigenvalue weighted by atomic mass is 35.5. The summed E-state index contributed by atoms with van der Waals surface area (Å²) in [5, 5.41) is -0.0871. The molecular weight excluding hydrogens is 216 g/mol. The SMILES string of the molecule is Cl.NCCNS(=O)(=O)c1ccco1. The fourth-order valence-corrected chi connectivity index (χ4v) is 1.65. The first kappa shape index (κ1) is 12.4. The average molecular weight is 227 g/mol. The molecule has 1 rings (SSSR count). The molecule has 0 aliphatic rings. The molecule has 0 aromatic carbocycles. The summed E-state index contributed by atoms with van der Waals surface area (Å²) in [6.07, 6.45) is 1.30. The normalized spacial score (nSPS) is 10.8. The molecule has 0 saturated heterocycles. The highest BCUT2D eigenvalue weighted by molar-refractivity contribution is 7.89. The number of halogens is 1. The zero-order valence-corrected chi connectivity index (χ0v) is 8.40. The molecule has 0 spiro atoms. The maximum Gasteiger partial charge on any atom is 0.273 e. The van der Waals surface area contributed by atoms with Crippen LogP contribution in [0.1, 0.15) is 0 Å². The molecule has 0 bridgehead atoms. The Labute approximate surface area is 82.8 Å². The van der Waals surface area contributed by atoms with Crippen molar-refractivity contribution < 1.29 is 12.8 Å². The molecule has 0 aliphatic heterocycles. The van der Waals surface area contributed by atoms with Crippen LogP contribution < -0.4 is 10.5 Å². The molecule has 0 atom stereocenters. The van der Waals surface area contributed by atoms with Crippen LogP contribution in [-0.2, 0) is 10.0 Å². The van der Waals surface area contributed by atoms with Gasteiger partial charge in [0.1, 0.15) is 0 Å². The van der Waals surface area contributed by atoms with E-state index in [0.717, 1.165) is 0 Å². The van der Waals surface area contributed by atoms with E-state index in [1.807, 2.05) is 0 Å². The van der Waals surface area contributed by atoms with Crippen molar-refractivity contribution in [2.24, 2.45) is 5.73 Å². The van der Waals surface area contributed by atoms with Gasteiger partial charge in [0, 0.05) is 13.1 Å². The van der Waals surface area contributed by atoms with Crippen molar-refractivity contribution in [1.29, 1.82) is 0 Å². The largest absolute Gasteiger partial charge is 0.452 e. The molecular formula is C6H11ClN2O3S. The van der Waals surface area contributed by atoms with Gasteiger partial charge in [-0.2, -0.15) is 0 Å². The van der Waals surface area contributed by atoms with Gasteiger partial charge in [-0.05, 0) is 12.1 Å². The Balaban J connectivity index is 0.00000144. The standard InChI is InChI=1S/C6H10N2O3S.ClH/c7-3-4-8-12(9,10)6-2-1-5-11-6;/h1-2,5,8H,3-4,7H2;1H. The zero-order chi connectivity index (χ0) is 9.03. The lowest BCUT2D eigenvalue weighted by Crippen LogP contribution is -2.28. The quantitative estimate of drug-likeness (QED) is 0.753. The molecule has 1 heterocycles. The van der Waals surface area contributed by atoms with Crippen LogP contribution in [0.3, 0.4) is 0 Å². The van der Waals surface area contributed by atoms with Crippen LogP contribution in [0.5, 0.6) is 0 Å². The van der Waals surface area contributed by atoms with Gasteiger partial charge in [0.05, 0.1) is 6.26 Å². The molecule has 0 fully saturated rings. The molecule has 0 unspecified atom stereocenters. The summed E-state index contributed by atoms with van der Waals surface area (Å²) in [7, 11) is -3.48. The minimum Gasteiger partial charge on any atom is -0.452 e. The Morgan fingerprint density at radius 1 is 1.54 bits per heavy atom. The van der Waals surface area contributed by atoms with Crippen molar-refractivity contribution in [3.05, 3.63) is 18.4 Å². The highest BCUT2D eigenvalue weighted by Crippen LogP contribution is 2.07. The van der Waals surface area contributed by atoms with Crippen LogP contribution in [-0.4, -0.2) is 21.5 Å². The fraction of sp³-hybridized carbons (Fsp3) is 0.333. The number of nitrogens with one attached hydrogen (secondary N) is 1. The minimum absolute atomic E-state index is 0. The van der Waals surface area contributed by atoms with Gasteiger partial charge in [-0.25, -0.2) is 13.1 Å². The van der Waals surface area contributed by atoms with Crippen molar-refractivity contribution in [3.8, 4) is 0 Å². The van der Waals surface area contributed by atoms with Gasteiger partial charge in [0.15, 0.2) is 0 Å². The van der Waals surface area contributed by atoms with E-state index in [1.54, 1.807) is 0 Å². The summed E-state index contributed by atoms with van der Waals surface area (Å²) in [5.74, 6) is 0. The first-order valence-electron chi connectivity index (χ1n) is 3.40. The summed E-state index contributed by atoms with van der Waals surface area (Å²) < 4.78 is 29.4. The molecule has 0 amide bonds. The summed E-state index contributed by atoms with van der Waals surface area (Å²) in [6.45, 7) is 0.475. The van der Waals surface area contributed by atoms with E-state index >= 15 is 0 Å². The lowest BCUT2D eigenvalue weighted by Gasteiger charge is -2.00. The van der Waals surface area contributed by atoms with E-state index in [1.165, 1.54) is 18.4 Å². The number of hydrogen-bond donors (Lipinski definition) is 2. The maximum absolute atomic E-state index is 11.2. The topological polar surface area (TPSA) is 85.3 Å². The lowest BCUT2D eigenvalue weighted by molar-refractivity contribution is 0.446. The summed E-state index contributed by atoms with van der Waals surface area (Å²) >= 11 is 0. The Hall–Kier alpha value is -0.560. The molecule has 76 valence electrons. The van der Waals surface area contributed by atoms with Crippen molar-refractivity contribution in [3.63, 3.8) is 0 Å². The van der Waals surface area contributed by atoms with Gasteiger partial charge in [0.25, 0.3) is 10.0 Å². The third kappa shape index (κ3) is 3.35. The van der Waals surface area contributed by atoms with Crippen molar-refractivity contribution in [2.45, 2.75) is 5.09 Å². The smallest absolute Gasteiger partial charge is 0.273 e. The lowest BCUT2D eigenvalue weighted by atomic mass is 10.7. The Morgan fingerprint density at radius 2 is 2.23 bits per heavy atom. The molecule has 0 saturated carbocycles. The summed E-state index contributed by atoms with van der Waals surface area (Å²) in [4.78, 5) is 0. The Morgan fingerprint density at radius 3 is 2.69 bits per heavy atom. The Bertz CT molecular complexity index is 322. The predicted octanol–water partition coefficient (Wildman–Crippen LogP) is -0.0616. The second kappa shape index (κ2) is 5.23. The van der Waals surface area contributed by atoms with Crippen LogP contribution in [0.15, 0.2) is 27.9 Å². The molecule has 13 heavy (non-hydrogen) atoms. The number of hydrogen-bond acceptors (Lipinski definition) is 4. The third-order valence-electron chi connectivity index (χ3n) is 1.20. The number of nitrogens with two attached hydrogens (primary N) is 1. The first-order chi connectivity index (χ1) is 5.67. The van der Waals surface area contributed by atoms with Gasteiger partial charge in [0.2, 0.25) is 5.09 Å². The minimum atomic E-state index is -3.48. The summed E-state index contributed by atoms with van der Waals surface area (Å²) in [5.41, 5.74) is 5.13. The monoisotopic (exact) mass is 226 g/mol. The number of sulfonamides is 1. The molecule has 3 N–H and O–H groups in total. The second-order valence-corrected chi connectivity index (χ2v) is 3.82. The molecule has 0 radical (unpaired) electrons. The van der Waals surface area contributed by atoms with Crippen molar-refractivity contribution >= 4 is 22.4 Å². The van der Waals surface area contributed by atoms with Gasteiger partial charge < -0.3 is 10.2 Å². The molecule has 5 nitrogen and oxygen atoms in total. The van der Waals surface area contributed by atoms with Crippen LogP contribution in [0.4, 0.5) is 0 Å². The number of rotatable bonds is 4. The molecule has 1 aromatic heterocycles. The highest BCUT2D eigenvalue weighted by Gasteiger charge is 2.14. The van der Waals surface area contributed by atoms with Crippen molar-refractivity contribution in [2.75, 3.05) is 13.1 Å². The second-order valence-electron chi connectivity index (χ2n) is 2.12. The van der Waals surface area contributed by atoms with Gasteiger partial charge in [-0.3, -0.25) is 0 Å². The van der Waals surface area contributed by atoms with E-state index in [-0.39, 0.29) is 30.6 Å². The zero-order valence-electron chi connectivity index (χ0n) is 6.76.